The van der Waals surface area contributed by atoms with Crippen LogP contribution in [0.25, 0.3) is 0 Å². The lowest BCUT2D eigenvalue weighted by molar-refractivity contribution is 0.0913. The molecule has 0 saturated heterocycles. The SMILES string of the molecule is CC(C)(C(=O)c1cc(Br)c(Br)s1)c1ccccc1. The third kappa shape index (κ3) is 2.60. The van der Waals surface area contributed by atoms with Crippen LogP contribution in [0.5, 0.6) is 0 Å². The monoisotopic (exact) mass is 386 g/mol. The molecule has 1 nitrogen and oxygen atoms in total. The van der Waals surface area contributed by atoms with Crippen molar-refractivity contribution in [2.75, 3.05) is 0 Å². The van der Waals surface area contributed by atoms with E-state index in [2.05, 4.69) is 31.9 Å². The molecule has 1 heterocycles. The molecular weight excluding hydrogens is 376 g/mol. The van der Waals surface area contributed by atoms with Crippen LogP contribution in [-0.2, 0) is 5.41 Å². The van der Waals surface area contributed by atoms with Gasteiger partial charge in [-0.3, -0.25) is 4.79 Å². The Bertz CT molecular complexity index is 553. The normalized spacial score (nSPS) is 11.6. The van der Waals surface area contributed by atoms with Crippen molar-refractivity contribution in [1.29, 1.82) is 0 Å². The third-order valence-corrected chi connectivity index (χ3v) is 6.19. The summed E-state index contributed by atoms with van der Waals surface area (Å²) in [5.41, 5.74) is 0.529. The molecule has 0 unspecified atom stereocenters. The van der Waals surface area contributed by atoms with E-state index in [9.17, 15) is 4.79 Å². The summed E-state index contributed by atoms with van der Waals surface area (Å²) < 4.78 is 1.88. The number of hydrogen-bond donors (Lipinski definition) is 0. The molecule has 0 aliphatic heterocycles. The van der Waals surface area contributed by atoms with Crippen molar-refractivity contribution in [2.45, 2.75) is 19.3 Å². The molecule has 0 saturated carbocycles. The summed E-state index contributed by atoms with van der Waals surface area (Å²) in [7, 11) is 0. The first-order valence-electron chi connectivity index (χ1n) is 5.48. The van der Waals surface area contributed by atoms with E-state index in [0.717, 1.165) is 18.7 Å². The summed E-state index contributed by atoms with van der Waals surface area (Å²) in [5, 5.41) is 0. The summed E-state index contributed by atoms with van der Waals surface area (Å²) in [5.74, 6) is 0.144. The van der Waals surface area contributed by atoms with Gasteiger partial charge in [-0.15, -0.1) is 11.3 Å². The lowest BCUT2D eigenvalue weighted by atomic mass is 9.80. The van der Waals surface area contributed by atoms with Gasteiger partial charge in [0.25, 0.3) is 0 Å². The fourth-order valence-electron chi connectivity index (χ4n) is 1.75. The fourth-order valence-corrected chi connectivity index (χ4v) is 3.89. The molecule has 0 aliphatic rings. The van der Waals surface area contributed by atoms with Crippen LogP contribution >= 0.6 is 43.2 Å². The Balaban J connectivity index is 2.39. The number of thiophene rings is 1. The van der Waals surface area contributed by atoms with Crippen LogP contribution in [0.2, 0.25) is 0 Å². The minimum absolute atomic E-state index is 0.144. The second-order valence-corrected chi connectivity index (χ2v) is 7.78. The van der Waals surface area contributed by atoms with Crippen molar-refractivity contribution in [3.8, 4) is 0 Å². The van der Waals surface area contributed by atoms with Gasteiger partial charge in [0.1, 0.15) is 0 Å². The maximum Gasteiger partial charge on any atom is 0.182 e. The predicted octanol–water partition coefficient (Wildman–Crippen LogP) is 5.43. The highest BCUT2D eigenvalue weighted by Crippen LogP contribution is 2.36. The zero-order chi connectivity index (χ0) is 13.3. The Morgan fingerprint density at radius 1 is 1.17 bits per heavy atom. The van der Waals surface area contributed by atoms with Gasteiger partial charge in [-0.05, 0) is 57.3 Å². The summed E-state index contributed by atoms with van der Waals surface area (Å²) >= 11 is 8.31. The van der Waals surface area contributed by atoms with E-state index in [4.69, 9.17) is 0 Å². The van der Waals surface area contributed by atoms with Crippen LogP contribution in [0.4, 0.5) is 0 Å². The van der Waals surface area contributed by atoms with Crippen molar-refractivity contribution in [2.24, 2.45) is 0 Å². The van der Waals surface area contributed by atoms with Crippen LogP contribution < -0.4 is 0 Å². The van der Waals surface area contributed by atoms with Gasteiger partial charge in [0.05, 0.1) is 14.1 Å². The predicted molar refractivity (Wildman–Crippen MR) is 83.5 cm³/mol. The molecule has 0 radical (unpaired) electrons. The van der Waals surface area contributed by atoms with Crippen LogP contribution in [0.3, 0.4) is 0 Å². The third-order valence-electron chi connectivity index (χ3n) is 2.93. The molecule has 0 fully saturated rings. The summed E-state index contributed by atoms with van der Waals surface area (Å²) in [6, 6.07) is 11.8. The lowest BCUT2D eigenvalue weighted by Crippen LogP contribution is -2.28. The highest BCUT2D eigenvalue weighted by Gasteiger charge is 2.31. The second kappa shape index (κ2) is 5.27. The van der Waals surface area contributed by atoms with Crippen molar-refractivity contribution in [3.05, 3.63) is 55.1 Å². The van der Waals surface area contributed by atoms with Gasteiger partial charge >= 0.3 is 0 Å². The first kappa shape index (κ1) is 14.0. The zero-order valence-corrected chi connectivity index (χ0v) is 14.0. The average Bonchev–Trinajstić information content (AvgIpc) is 2.69. The van der Waals surface area contributed by atoms with E-state index < -0.39 is 5.41 Å². The standard InChI is InChI=1S/C14H12Br2OS/c1-14(2,9-6-4-3-5-7-9)12(17)11-8-10(15)13(16)18-11/h3-8H,1-2H3. The van der Waals surface area contributed by atoms with Crippen LogP contribution in [0.15, 0.2) is 44.7 Å². The molecule has 1 aromatic carbocycles. The molecule has 2 rings (SSSR count). The molecule has 1 aromatic heterocycles. The maximum absolute atomic E-state index is 12.6. The molecule has 0 aliphatic carbocycles. The summed E-state index contributed by atoms with van der Waals surface area (Å²) in [6.07, 6.45) is 0. The van der Waals surface area contributed by atoms with Crippen molar-refractivity contribution in [3.63, 3.8) is 0 Å². The minimum Gasteiger partial charge on any atom is -0.292 e. The van der Waals surface area contributed by atoms with Gasteiger partial charge in [0, 0.05) is 4.47 Å². The van der Waals surface area contributed by atoms with Crippen LogP contribution in [0, 0.1) is 0 Å². The molecule has 0 N–H and O–H groups in total. The van der Waals surface area contributed by atoms with Gasteiger partial charge in [0.15, 0.2) is 5.78 Å². The van der Waals surface area contributed by atoms with Gasteiger partial charge in [-0.25, -0.2) is 0 Å². The van der Waals surface area contributed by atoms with Gasteiger partial charge in [-0.2, -0.15) is 0 Å². The van der Waals surface area contributed by atoms with E-state index >= 15 is 0 Å². The summed E-state index contributed by atoms with van der Waals surface area (Å²) in [6.45, 7) is 3.93. The number of hydrogen-bond acceptors (Lipinski definition) is 2. The minimum atomic E-state index is -0.509. The Morgan fingerprint density at radius 2 is 1.78 bits per heavy atom. The number of Topliss-reactive ketones (excluding diaryl/α,β-unsaturated/α-hetero) is 1. The van der Waals surface area contributed by atoms with Crippen molar-refractivity contribution >= 4 is 49.0 Å². The van der Waals surface area contributed by atoms with Crippen LogP contribution in [-0.4, -0.2) is 5.78 Å². The largest absolute Gasteiger partial charge is 0.292 e. The summed E-state index contributed by atoms with van der Waals surface area (Å²) in [4.78, 5) is 13.4. The number of rotatable bonds is 3. The number of carbonyl (C=O) groups excluding carboxylic acids is 1. The molecule has 0 bridgehead atoms. The maximum atomic E-state index is 12.6. The Labute approximate surface area is 127 Å². The highest BCUT2D eigenvalue weighted by atomic mass is 79.9. The Kier molecular flexibility index (Phi) is 4.09. The Hall–Kier alpha value is -0.450. The second-order valence-electron chi connectivity index (χ2n) is 4.55. The van der Waals surface area contributed by atoms with Gasteiger partial charge in [-0.1, -0.05) is 30.3 Å². The molecule has 94 valence electrons. The topological polar surface area (TPSA) is 17.1 Å². The fraction of sp³-hybridized carbons (Fsp3) is 0.214. The number of carbonyl (C=O) groups is 1. The van der Waals surface area contributed by atoms with Gasteiger partial charge in [0.2, 0.25) is 0 Å². The first-order chi connectivity index (χ1) is 8.43. The van der Waals surface area contributed by atoms with Gasteiger partial charge < -0.3 is 0 Å². The molecule has 0 spiro atoms. The van der Waals surface area contributed by atoms with E-state index in [1.807, 2.05) is 50.2 Å². The first-order valence-corrected chi connectivity index (χ1v) is 7.88. The van der Waals surface area contributed by atoms with E-state index in [-0.39, 0.29) is 5.78 Å². The Morgan fingerprint density at radius 3 is 2.28 bits per heavy atom. The van der Waals surface area contributed by atoms with Crippen molar-refractivity contribution in [1.82, 2.24) is 0 Å². The number of ketones is 1. The van der Waals surface area contributed by atoms with E-state index in [1.165, 1.54) is 11.3 Å². The highest BCUT2D eigenvalue weighted by molar-refractivity contribution is 9.13. The van der Waals surface area contributed by atoms with E-state index in [1.54, 1.807) is 0 Å². The molecule has 0 amide bonds. The number of benzene rings is 1. The number of halogens is 2. The smallest absolute Gasteiger partial charge is 0.182 e. The lowest BCUT2D eigenvalue weighted by Gasteiger charge is -2.22. The quantitative estimate of drug-likeness (QED) is 0.641. The molecule has 2 aromatic rings. The van der Waals surface area contributed by atoms with E-state index in [0.29, 0.717) is 0 Å². The molecule has 18 heavy (non-hydrogen) atoms. The van der Waals surface area contributed by atoms with Crippen molar-refractivity contribution < 1.29 is 4.79 Å². The van der Waals surface area contributed by atoms with Crippen LogP contribution in [0.1, 0.15) is 29.1 Å². The zero-order valence-electron chi connectivity index (χ0n) is 10.0. The molecule has 4 heteroatoms. The molecule has 0 atom stereocenters. The molecular formula is C14H12Br2OS. The average molecular weight is 388 g/mol.